The molecule has 0 fully saturated rings. The van der Waals surface area contributed by atoms with Crippen LogP contribution < -0.4 is 10.6 Å². The minimum Gasteiger partial charge on any atom is -0.478 e. The van der Waals surface area contributed by atoms with E-state index in [1.807, 2.05) is 30.3 Å². The molecule has 4 rings (SSSR count). The summed E-state index contributed by atoms with van der Waals surface area (Å²) in [6.07, 6.45) is 0.916. The Balaban J connectivity index is 1.60. The minimum absolute atomic E-state index is 0.208. The smallest absolute Gasteiger partial charge is 0.335 e. The van der Waals surface area contributed by atoms with Crippen LogP contribution in [0.2, 0.25) is 0 Å². The van der Waals surface area contributed by atoms with Gasteiger partial charge in [-0.05, 0) is 48.2 Å². The number of aromatic nitrogens is 2. The Morgan fingerprint density at radius 3 is 2.75 bits per heavy atom. The van der Waals surface area contributed by atoms with Crippen molar-refractivity contribution < 1.29 is 9.90 Å². The molecule has 2 heterocycles. The van der Waals surface area contributed by atoms with Crippen LogP contribution in [-0.4, -0.2) is 27.6 Å². The summed E-state index contributed by atoms with van der Waals surface area (Å²) >= 11 is 1.74. The second-order valence-electron chi connectivity index (χ2n) is 6.18. The third kappa shape index (κ3) is 4.10. The first kappa shape index (κ1) is 17.9. The highest BCUT2D eigenvalue weighted by Crippen LogP contribution is 2.24. The Bertz CT molecular complexity index is 1110. The zero-order valence-electron chi connectivity index (χ0n) is 14.9. The maximum absolute atomic E-state index is 11.2. The molecule has 0 aliphatic heterocycles. The Labute approximate surface area is 165 Å². The van der Waals surface area contributed by atoms with Crippen molar-refractivity contribution in [3.63, 3.8) is 0 Å². The van der Waals surface area contributed by atoms with Crippen molar-refractivity contribution in [2.45, 2.75) is 6.42 Å². The second kappa shape index (κ2) is 8.06. The van der Waals surface area contributed by atoms with Gasteiger partial charge in [0.2, 0.25) is 5.95 Å². The topological polar surface area (TPSA) is 87.1 Å². The van der Waals surface area contributed by atoms with Gasteiger partial charge in [-0.2, -0.15) is 4.98 Å². The van der Waals surface area contributed by atoms with Crippen LogP contribution in [0.1, 0.15) is 15.2 Å². The monoisotopic (exact) mass is 390 g/mol. The first-order chi connectivity index (χ1) is 13.7. The maximum atomic E-state index is 11.2. The highest BCUT2D eigenvalue weighted by atomic mass is 32.1. The lowest BCUT2D eigenvalue weighted by atomic mass is 10.2. The molecule has 3 N–H and O–H groups in total. The van der Waals surface area contributed by atoms with Crippen molar-refractivity contribution in [2.24, 2.45) is 0 Å². The number of para-hydroxylation sites is 1. The third-order valence-corrected chi connectivity index (χ3v) is 5.15. The summed E-state index contributed by atoms with van der Waals surface area (Å²) in [4.78, 5) is 21.7. The van der Waals surface area contributed by atoms with Crippen LogP contribution >= 0.6 is 11.3 Å². The molecule has 0 atom stereocenters. The van der Waals surface area contributed by atoms with Gasteiger partial charge in [0, 0.05) is 22.5 Å². The summed E-state index contributed by atoms with van der Waals surface area (Å²) < 4.78 is 0. The molecule has 2 aromatic heterocycles. The Hall–Kier alpha value is -3.45. The quantitative estimate of drug-likeness (QED) is 0.421. The summed E-state index contributed by atoms with van der Waals surface area (Å²) in [6.45, 7) is 0.759. The molecular formula is C21H18N4O2S. The average molecular weight is 390 g/mol. The molecule has 0 amide bonds. The number of nitrogens with zero attached hydrogens (tertiary/aromatic N) is 2. The molecule has 6 nitrogen and oxygen atoms in total. The van der Waals surface area contributed by atoms with E-state index in [-0.39, 0.29) is 5.56 Å². The summed E-state index contributed by atoms with van der Waals surface area (Å²) in [5.41, 5.74) is 1.65. The number of carbonyl (C=O) groups is 1. The number of aromatic carboxylic acids is 1. The van der Waals surface area contributed by atoms with Gasteiger partial charge in [0.1, 0.15) is 5.82 Å². The zero-order chi connectivity index (χ0) is 19.3. The highest BCUT2D eigenvalue weighted by Gasteiger charge is 2.09. The average Bonchev–Trinajstić information content (AvgIpc) is 3.21. The van der Waals surface area contributed by atoms with Crippen molar-refractivity contribution >= 4 is 45.7 Å². The fourth-order valence-corrected chi connectivity index (χ4v) is 3.59. The predicted molar refractivity (Wildman–Crippen MR) is 113 cm³/mol. The summed E-state index contributed by atoms with van der Waals surface area (Å²) in [5, 5.41) is 18.7. The number of carboxylic acids is 1. The fraction of sp³-hybridized carbons (Fsp3) is 0.0952. The van der Waals surface area contributed by atoms with E-state index < -0.39 is 5.97 Å². The van der Waals surface area contributed by atoms with Gasteiger partial charge in [0.25, 0.3) is 0 Å². The van der Waals surface area contributed by atoms with Gasteiger partial charge in [-0.25, -0.2) is 9.78 Å². The van der Waals surface area contributed by atoms with Crippen LogP contribution in [0, 0.1) is 0 Å². The van der Waals surface area contributed by atoms with Crippen LogP contribution in [0.3, 0.4) is 0 Å². The molecule has 0 saturated heterocycles. The summed E-state index contributed by atoms with van der Waals surface area (Å²) in [5.74, 6) is 0.193. The van der Waals surface area contributed by atoms with E-state index in [1.165, 1.54) is 4.88 Å². The van der Waals surface area contributed by atoms with E-state index in [2.05, 4.69) is 32.0 Å². The van der Waals surface area contributed by atoms with Gasteiger partial charge in [0.05, 0.1) is 11.1 Å². The number of anilines is 3. The van der Waals surface area contributed by atoms with E-state index in [1.54, 1.807) is 35.6 Å². The molecule has 0 bridgehead atoms. The first-order valence-corrected chi connectivity index (χ1v) is 9.70. The molecule has 140 valence electrons. The molecule has 28 heavy (non-hydrogen) atoms. The number of carboxylic acid groups (broad SMARTS) is 1. The largest absolute Gasteiger partial charge is 0.478 e. The number of hydrogen-bond acceptors (Lipinski definition) is 6. The van der Waals surface area contributed by atoms with Crippen molar-refractivity contribution in [2.75, 3.05) is 17.2 Å². The number of thiophene rings is 1. The Morgan fingerprint density at radius 2 is 1.93 bits per heavy atom. The number of fused-ring (bicyclic) bond motifs is 1. The Morgan fingerprint density at radius 1 is 1.04 bits per heavy atom. The standard InChI is InChI=1S/C21H18N4O2S/c26-20(27)14-5-3-6-15(13-14)23-21-24-18-9-2-1-8-17(18)19(25-21)22-11-10-16-7-4-12-28-16/h1-9,12-13H,10-11H2,(H,26,27)(H2,22,23,24,25). The molecule has 0 aliphatic carbocycles. The molecule has 0 aliphatic rings. The predicted octanol–water partition coefficient (Wildman–Crippen LogP) is 4.79. The third-order valence-electron chi connectivity index (χ3n) is 4.21. The lowest BCUT2D eigenvalue weighted by molar-refractivity contribution is 0.0697. The lowest BCUT2D eigenvalue weighted by Crippen LogP contribution is -2.08. The number of nitrogens with one attached hydrogen (secondary N) is 2. The lowest BCUT2D eigenvalue weighted by Gasteiger charge is -2.12. The molecule has 7 heteroatoms. The van der Waals surface area contributed by atoms with Crippen LogP contribution in [0.25, 0.3) is 10.9 Å². The molecule has 0 unspecified atom stereocenters. The molecule has 4 aromatic rings. The van der Waals surface area contributed by atoms with Crippen LogP contribution in [0.4, 0.5) is 17.5 Å². The molecule has 0 spiro atoms. The van der Waals surface area contributed by atoms with Crippen molar-refractivity contribution in [3.8, 4) is 0 Å². The van der Waals surface area contributed by atoms with Gasteiger partial charge in [0.15, 0.2) is 0 Å². The van der Waals surface area contributed by atoms with Crippen molar-refractivity contribution in [3.05, 3.63) is 76.5 Å². The van der Waals surface area contributed by atoms with Crippen molar-refractivity contribution in [1.82, 2.24) is 9.97 Å². The second-order valence-corrected chi connectivity index (χ2v) is 7.21. The van der Waals surface area contributed by atoms with Crippen LogP contribution in [0.5, 0.6) is 0 Å². The molecule has 0 radical (unpaired) electrons. The van der Waals surface area contributed by atoms with Gasteiger partial charge in [-0.1, -0.05) is 24.3 Å². The minimum atomic E-state index is -0.973. The highest BCUT2D eigenvalue weighted by molar-refractivity contribution is 7.09. The van der Waals surface area contributed by atoms with Gasteiger partial charge in [-0.15, -0.1) is 11.3 Å². The SMILES string of the molecule is O=C(O)c1cccc(Nc2nc(NCCc3cccs3)c3ccccc3n2)c1. The Kier molecular flexibility index (Phi) is 5.16. The maximum Gasteiger partial charge on any atom is 0.335 e. The van der Waals surface area contributed by atoms with Gasteiger partial charge >= 0.3 is 5.97 Å². The fourth-order valence-electron chi connectivity index (χ4n) is 2.89. The molecule has 0 saturated carbocycles. The van der Waals surface area contributed by atoms with E-state index in [0.29, 0.717) is 11.6 Å². The zero-order valence-corrected chi connectivity index (χ0v) is 15.7. The number of benzene rings is 2. The van der Waals surface area contributed by atoms with Crippen LogP contribution in [0.15, 0.2) is 66.0 Å². The van der Waals surface area contributed by atoms with E-state index in [9.17, 15) is 4.79 Å². The van der Waals surface area contributed by atoms with Crippen molar-refractivity contribution in [1.29, 1.82) is 0 Å². The summed E-state index contributed by atoms with van der Waals surface area (Å²) in [6, 6.07) is 18.6. The summed E-state index contributed by atoms with van der Waals surface area (Å²) in [7, 11) is 0. The van der Waals surface area contributed by atoms with E-state index in [0.717, 1.165) is 29.7 Å². The van der Waals surface area contributed by atoms with E-state index >= 15 is 0 Å². The molecular weight excluding hydrogens is 372 g/mol. The van der Waals surface area contributed by atoms with E-state index in [4.69, 9.17) is 5.11 Å². The first-order valence-electron chi connectivity index (χ1n) is 8.82. The number of rotatable bonds is 7. The normalized spacial score (nSPS) is 10.7. The van der Waals surface area contributed by atoms with Gasteiger partial charge in [-0.3, -0.25) is 0 Å². The van der Waals surface area contributed by atoms with Crippen LogP contribution in [-0.2, 0) is 6.42 Å². The molecule has 2 aromatic carbocycles. The number of hydrogen-bond donors (Lipinski definition) is 3. The van der Waals surface area contributed by atoms with Gasteiger partial charge < -0.3 is 15.7 Å².